The number of pyridine rings is 1. The quantitative estimate of drug-likeness (QED) is 0.316. The molecule has 37 heavy (non-hydrogen) atoms. The third kappa shape index (κ3) is 5.29. The molecule has 1 amide bonds. The second kappa shape index (κ2) is 10.6. The van der Waals surface area contributed by atoms with Crippen molar-refractivity contribution in [2.75, 3.05) is 13.1 Å². The van der Waals surface area contributed by atoms with Crippen LogP contribution < -0.4 is 4.74 Å². The third-order valence-electron chi connectivity index (χ3n) is 6.58. The highest BCUT2D eigenvalue weighted by Crippen LogP contribution is 2.39. The van der Waals surface area contributed by atoms with Crippen molar-refractivity contribution < 1.29 is 14.1 Å². The molecular weight excluding hydrogens is 513 g/mol. The van der Waals surface area contributed by atoms with Crippen molar-refractivity contribution >= 4 is 29.1 Å². The van der Waals surface area contributed by atoms with Crippen LogP contribution in [0.5, 0.6) is 5.88 Å². The smallest absolute Gasteiger partial charge is 0.253 e. The molecule has 0 radical (unpaired) electrons. The van der Waals surface area contributed by atoms with Gasteiger partial charge in [0.05, 0.1) is 21.8 Å². The SMILES string of the molecule is CC(Oc1ccc(C#N)cn1)C1CN(C(=O)c2ccc(-c3cnno3)cc2)CC1c1ccc(Cl)c(Cl)c1. The third-order valence-corrected chi connectivity index (χ3v) is 7.32. The van der Waals surface area contributed by atoms with Gasteiger partial charge in [0.25, 0.3) is 5.91 Å². The predicted molar refractivity (Wildman–Crippen MR) is 137 cm³/mol. The summed E-state index contributed by atoms with van der Waals surface area (Å²) in [5.41, 5.74) is 2.78. The summed E-state index contributed by atoms with van der Waals surface area (Å²) in [6.07, 6.45) is 2.72. The fraction of sp³-hybridized carbons (Fsp3) is 0.222. The van der Waals surface area contributed by atoms with Crippen LogP contribution in [0.4, 0.5) is 0 Å². The number of nitriles is 1. The molecule has 0 spiro atoms. The normalized spacial score (nSPS) is 17.8. The van der Waals surface area contributed by atoms with Gasteiger partial charge in [-0.25, -0.2) is 4.98 Å². The molecule has 0 bridgehead atoms. The average Bonchev–Trinajstić information content (AvgIpc) is 3.61. The summed E-state index contributed by atoms with van der Waals surface area (Å²) >= 11 is 12.5. The number of hydrogen-bond donors (Lipinski definition) is 0. The minimum atomic E-state index is -0.279. The standard InChI is InChI=1S/C27H21Cl2N5O3/c1-16(36-26-9-2-17(11-30)12-31-26)21-14-34(15-22(21)20-7-8-23(28)24(29)10-20)27(35)19-5-3-18(4-6-19)25-13-32-33-37-25/h2-10,12-13,16,21-22H,14-15H2,1H3. The Hall–Kier alpha value is -3.93. The fourth-order valence-corrected chi connectivity index (χ4v) is 4.92. The Kier molecular flexibility index (Phi) is 7.08. The van der Waals surface area contributed by atoms with Gasteiger partial charge in [-0.3, -0.25) is 4.79 Å². The van der Waals surface area contributed by atoms with E-state index in [2.05, 4.69) is 15.4 Å². The summed E-state index contributed by atoms with van der Waals surface area (Å²) in [6, 6.07) is 18.1. The Morgan fingerprint density at radius 2 is 1.92 bits per heavy atom. The Balaban J connectivity index is 1.39. The molecule has 0 saturated carbocycles. The largest absolute Gasteiger partial charge is 0.474 e. The summed E-state index contributed by atoms with van der Waals surface area (Å²) in [5.74, 6) is 0.785. The molecule has 3 heterocycles. The lowest BCUT2D eigenvalue weighted by Crippen LogP contribution is -2.32. The van der Waals surface area contributed by atoms with E-state index in [1.807, 2.05) is 42.2 Å². The zero-order valence-electron chi connectivity index (χ0n) is 19.7. The van der Waals surface area contributed by atoms with Crippen LogP contribution in [-0.2, 0) is 0 Å². The second-order valence-electron chi connectivity index (χ2n) is 8.83. The van der Waals surface area contributed by atoms with E-state index in [0.717, 1.165) is 11.1 Å². The lowest BCUT2D eigenvalue weighted by molar-refractivity contribution is 0.0769. The number of ether oxygens (including phenoxy) is 1. The molecule has 4 aromatic rings. The maximum atomic E-state index is 13.5. The minimum absolute atomic E-state index is 0.0355. The highest BCUT2D eigenvalue weighted by Gasteiger charge is 2.40. The summed E-state index contributed by atoms with van der Waals surface area (Å²) < 4.78 is 11.2. The van der Waals surface area contributed by atoms with Crippen molar-refractivity contribution in [1.29, 1.82) is 5.26 Å². The van der Waals surface area contributed by atoms with Crippen LogP contribution in [0.1, 0.15) is 34.3 Å². The van der Waals surface area contributed by atoms with Crippen molar-refractivity contribution in [3.63, 3.8) is 0 Å². The topological polar surface area (TPSA) is 105 Å². The molecule has 2 aromatic heterocycles. The van der Waals surface area contributed by atoms with Crippen molar-refractivity contribution in [2.24, 2.45) is 5.92 Å². The number of likely N-dealkylation sites (tertiary alicyclic amines) is 1. The lowest BCUT2D eigenvalue weighted by Gasteiger charge is -2.25. The number of aromatic nitrogens is 3. The van der Waals surface area contributed by atoms with Crippen LogP contribution in [0.2, 0.25) is 10.0 Å². The van der Waals surface area contributed by atoms with E-state index >= 15 is 0 Å². The molecule has 2 aromatic carbocycles. The van der Waals surface area contributed by atoms with E-state index in [-0.39, 0.29) is 23.8 Å². The first kappa shape index (κ1) is 24.8. The highest BCUT2D eigenvalue weighted by atomic mass is 35.5. The first-order chi connectivity index (χ1) is 17.9. The van der Waals surface area contributed by atoms with Gasteiger partial charge < -0.3 is 14.2 Å². The summed E-state index contributed by atoms with van der Waals surface area (Å²) in [4.78, 5) is 19.5. The molecule has 0 aliphatic carbocycles. The van der Waals surface area contributed by atoms with Crippen LogP contribution in [0.15, 0.2) is 71.5 Å². The fourth-order valence-electron chi connectivity index (χ4n) is 4.61. The molecule has 186 valence electrons. The molecule has 1 aliphatic heterocycles. The van der Waals surface area contributed by atoms with Crippen LogP contribution in [0, 0.1) is 17.2 Å². The van der Waals surface area contributed by atoms with Gasteiger partial charge in [-0.15, -0.1) is 5.10 Å². The van der Waals surface area contributed by atoms with E-state index in [9.17, 15) is 4.79 Å². The number of halogens is 2. The number of amides is 1. The first-order valence-electron chi connectivity index (χ1n) is 11.6. The van der Waals surface area contributed by atoms with Crippen molar-refractivity contribution in [2.45, 2.75) is 18.9 Å². The zero-order valence-corrected chi connectivity index (χ0v) is 21.2. The Morgan fingerprint density at radius 1 is 1.11 bits per heavy atom. The molecule has 3 unspecified atom stereocenters. The molecule has 1 saturated heterocycles. The van der Waals surface area contributed by atoms with Gasteiger partial charge in [-0.2, -0.15) is 5.26 Å². The average molecular weight is 534 g/mol. The van der Waals surface area contributed by atoms with Gasteiger partial charge in [0.15, 0.2) is 5.76 Å². The highest BCUT2D eigenvalue weighted by molar-refractivity contribution is 6.42. The van der Waals surface area contributed by atoms with E-state index in [4.69, 9.17) is 37.7 Å². The molecule has 5 rings (SSSR count). The van der Waals surface area contributed by atoms with Crippen molar-refractivity contribution in [1.82, 2.24) is 20.3 Å². The number of carbonyl (C=O) groups excluding carboxylic acids is 1. The molecular formula is C27H21Cl2N5O3. The Morgan fingerprint density at radius 3 is 2.57 bits per heavy atom. The Labute approximate surface area is 223 Å². The first-order valence-corrected chi connectivity index (χ1v) is 12.3. The van der Waals surface area contributed by atoms with Crippen molar-refractivity contribution in [3.8, 4) is 23.3 Å². The molecule has 8 nitrogen and oxygen atoms in total. The van der Waals surface area contributed by atoms with Gasteiger partial charge in [-0.1, -0.05) is 41.4 Å². The van der Waals surface area contributed by atoms with Gasteiger partial charge in [-0.05, 0) is 42.8 Å². The van der Waals surface area contributed by atoms with E-state index in [0.29, 0.717) is 45.9 Å². The molecule has 1 aliphatic rings. The van der Waals surface area contributed by atoms with E-state index in [1.54, 1.807) is 30.3 Å². The second-order valence-corrected chi connectivity index (χ2v) is 9.65. The lowest BCUT2D eigenvalue weighted by atomic mass is 9.86. The van der Waals surface area contributed by atoms with Crippen LogP contribution in [-0.4, -0.2) is 45.4 Å². The van der Waals surface area contributed by atoms with Gasteiger partial charge in [0.2, 0.25) is 5.88 Å². The Bertz CT molecular complexity index is 1440. The van der Waals surface area contributed by atoms with Gasteiger partial charge in [0.1, 0.15) is 12.2 Å². The number of benzene rings is 2. The molecule has 1 fully saturated rings. The molecule has 3 atom stereocenters. The van der Waals surface area contributed by atoms with Gasteiger partial charge >= 0.3 is 0 Å². The predicted octanol–water partition coefficient (Wildman–Crippen LogP) is 5.63. The zero-order chi connectivity index (χ0) is 25.9. The van der Waals surface area contributed by atoms with Crippen LogP contribution >= 0.6 is 23.2 Å². The molecule has 10 heteroatoms. The number of rotatable bonds is 6. The maximum absolute atomic E-state index is 13.5. The van der Waals surface area contributed by atoms with Crippen LogP contribution in [0.25, 0.3) is 11.3 Å². The number of hydrogen-bond acceptors (Lipinski definition) is 7. The molecule has 0 N–H and O–H groups in total. The van der Waals surface area contributed by atoms with Gasteiger partial charge in [0, 0.05) is 53.6 Å². The summed E-state index contributed by atoms with van der Waals surface area (Å²) in [5, 5.41) is 17.1. The van der Waals surface area contributed by atoms with Crippen LogP contribution in [0.3, 0.4) is 0 Å². The van der Waals surface area contributed by atoms with E-state index < -0.39 is 0 Å². The monoisotopic (exact) mass is 533 g/mol. The van der Waals surface area contributed by atoms with Crippen molar-refractivity contribution in [3.05, 3.63) is 93.7 Å². The number of carbonyl (C=O) groups is 1. The summed E-state index contributed by atoms with van der Waals surface area (Å²) in [6.45, 7) is 2.93. The number of nitrogens with zero attached hydrogens (tertiary/aromatic N) is 5. The van der Waals surface area contributed by atoms with E-state index in [1.165, 1.54) is 12.4 Å². The minimum Gasteiger partial charge on any atom is -0.474 e. The summed E-state index contributed by atoms with van der Waals surface area (Å²) in [7, 11) is 0. The maximum Gasteiger partial charge on any atom is 0.253 e.